The zero-order valence-electron chi connectivity index (χ0n) is 21.4. The molecule has 2 aliphatic rings. The smallest absolute Gasteiger partial charge is 0.252 e. The van der Waals surface area contributed by atoms with E-state index in [0.29, 0.717) is 49.4 Å². The number of aromatic nitrogens is 5. The summed E-state index contributed by atoms with van der Waals surface area (Å²) in [6.07, 6.45) is 5.25. The Balaban J connectivity index is 1.34. The number of ether oxygens (including phenoxy) is 2. The number of benzene rings is 2. The van der Waals surface area contributed by atoms with E-state index in [1.165, 1.54) is 12.1 Å². The van der Waals surface area contributed by atoms with Crippen molar-refractivity contribution in [2.75, 3.05) is 13.2 Å². The Morgan fingerprint density at radius 3 is 2.58 bits per heavy atom. The topological polar surface area (TPSA) is 98.2 Å². The number of hydrogen-bond acceptors (Lipinski definition) is 7. The van der Waals surface area contributed by atoms with Crippen LogP contribution in [-0.2, 0) is 13.1 Å². The molecule has 1 aliphatic heterocycles. The second kappa shape index (κ2) is 10.5. The van der Waals surface area contributed by atoms with E-state index in [4.69, 9.17) is 9.47 Å². The third-order valence-electron chi connectivity index (χ3n) is 7.62. The number of nitrogens with zero attached hydrogens (tertiary/aromatic N) is 5. The number of aromatic amines is 1. The van der Waals surface area contributed by atoms with E-state index in [0.717, 1.165) is 54.4 Å². The highest BCUT2D eigenvalue weighted by molar-refractivity contribution is 5.83. The summed E-state index contributed by atoms with van der Waals surface area (Å²) in [6.45, 7) is 4.05. The van der Waals surface area contributed by atoms with E-state index in [1.807, 2.05) is 18.2 Å². The van der Waals surface area contributed by atoms with Gasteiger partial charge in [-0.3, -0.25) is 9.69 Å². The molecule has 1 unspecified atom stereocenters. The lowest BCUT2D eigenvalue weighted by Gasteiger charge is -2.35. The van der Waals surface area contributed by atoms with Crippen molar-refractivity contribution >= 4 is 10.9 Å². The van der Waals surface area contributed by atoms with Gasteiger partial charge < -0.3 is 14.5 Å². The molecule has 0 saturated heterocycles. The quantitative estimate of drug-likeness (QED) is 0.370. The second-order valence-electron chi connectivity index (χ2n) is 10.1. The molecule has 0 bridgehead atoms. The van der Waals surface area contributed by atoms with Crippen LogP contribution in [-0.4, -0.2) is 49.3 Å². The van der Waals surface area contributed by atoms with Crippen molar-refractivity contribution in [3.05, 3.63) is 75.6 Å². The van der Waals surface area contributed by atoms with E-state index in [9.17, 15) is 9.18 Å². The van der Waals surface area contributed by atoms with Crippen molar-refractivity contribution in [2.45, 2.75) is 64.2 Å². The Labute approximate surface area is 219 Å². The first-order valence-corrected chi connectivity index (χ1v) is 13.3. The van der Waals surface area contributed by atoms with Gasteiger partial charge in [0.1, 0.15) is 19.0 Å². The van der Waals surface area contributed by atoms with Crippen molar-refractivity contribution < 1.29 is 13.9 Å². The SMILES string of the molecule is CCC(c1nnnn1Cc1ccc(F)cc1)N(Cc1cc2cc3c(cc2[nH]c1=O)OCCO3)C1CCCC1. The monoisotopic (exact) mass is 518 g/mol. The van der Waals surface area contributed by atoms with Crippen LogP contribution in [0.25, 0.3) is 10.9 Å². The van der Waals surface area contributed by atoms with Gasteiger partial charge in [0.05, 0.1) is 18.1 Å². The van der Waals surface area contributed by atoms with Crippen LogP contribution in [0.15, 0.2) is 47.3 Å². The van der Waals surface area contributed by atoms with Crippen molar-refractivity contribution in [3.8, 4) is 11.5 Å². The Bertz CT molecular complexity index is 1480. The van der Waals surface area contributed by atoms with Gasteiger partial charge in [-0.05, 0) is 59.5 Å². The summed E-state index contributed by atoms with van der Waals surface area (Å²) < 4.78 is 26.7. The lowest BCUT2D eigenvalue weighted by Crippen LogP contribution is -2.39. The fourth-order valence-electron chi connectivity index (χ4n) is 5.72. The third-order valence-corrected chi connectivity index (χ3v) is 7.62. The van der Waals surface area contributed by atoms with E-state index in [2.05, 4.69) is 32.3 Å². The molecule has 10 heteroatoms. The average Bonchev–Trinajstić information content (AvgIpc) is 3.62. The first kappa shape index (κ1) is 24.5. The summed E-state index contributed by atoms with van der Waals surface area (Å²) in [7, 11) is 0. The maximum atomic E-state index is 13.4. The van der Waals surface area contributed by atoms with E-state index < -0.39 is 0 Å². The number of hydrogen-bond donors (Lipinski definition) is 1. The summed E-state index contributed by atoms with van der Waals surface area (Å²) in [5, 5.41) is 13.6. The molecule has 9 nitrogen and oxygen atoms in total. The van der Waals surface area contributed by atoms with Crippen LogP contribution >= 0.6 is 0 Å². The van der Waals surface area contributed by atoms with Gasteiger partial charge in [0.25, 0.3) is 5.56 Å². The highest BCUT2D eigenvalue weighted by atomic mass is 19.1. The largest absolute Gasteiger partial charge is 0.486 e. The van der Waals surface area contributed by atoms with Crippen molar-refractivity contribution in [1.29, 1.82) is 0 Å². The molecule has 0 amide bonds. The molecule has 4 aromatic rings. The standard InChI is InChI=1S/C28H31FN6O3/c1-2-24(27-31-32-33-35(27)16-18-7-9-21(29)10-8-18)34(22-5-3-4-6-22)17-20-13-19-14-25-26(38-12-11-37-25)15-23(19)30-28(20)36/h7-10,13-15,22,24H,2-6,11-12,16-17H2,1H3,(H,30,36). The number of tetrazole rings is 1. The number of H-pyrrole nitrogens is 1. The van der Waals surface area contributed by atoms with Gasteiger partial charge in [-0.15, -0.1) is 5.10 Å². The lowest BCUT2D eigenvalue weighted by atomic mass is 10.0. The summed E-state index contributed by atoms with van der Waals surface area (Å²) in [5.74, 6) is 1.82. The molecular weight excluding hydrogens is 487 g/mol. The molecule has 0 spiro atoms. The fourth-order valence-corrected chi connectivity index (χ4v) is 5.72. The Kier molecular flexibility index (Phi) is 6.80. The molecule has 1 atom stereocenters. The third kappa shape index (κ3) is 4.88. The molecule has 198 valence electrons. The maximum absolute atomic E-state index is 13.4. The zero-order valence-corrected chi connectivity index (χ0v) is 21.4. The molecule has 1 N–H and O–H groups in total. The Morgan fingerprint density at radius 1 is 1.11 bits per heavy atom. The molecule has 0 radical (unpaired) electrons. The molecule has 1 fully saturated rings. The summed E-state index contributed by atoms with van der Waals surface area (Å²) in [6, 6.07) is 12.4. The Hall–Kier alpha value is -3.79. The zero-order chi connectivity index (χ0) is 26.1. The summed E-state index contributed by atoms with van der Waals surface area (Å²) in [4.78, 5) is 18.7. The molecule has 1 saturated carbocycles. The number of rotatable bonds is 8. The van der Waals surface area contributed by atoms with Crippen LogP contribution in [0.1, 0.15) is 62.0 Å². The van der Waals surface area contributed by atoms with Crippen LogP contribution in [0, 0.1) is 5.82 Å². The van der Waals surface area contributed by atoms with E-state index >= 15 is 0 Å². The normalized spacial score (nSPS) is 16.4. The molecule has 3 heterocycles. The van der Waals surface area contributed by atoms with E-state index in [1.54, 1.807) is 16.8 Å². The molecule has 38 heavy (non-hydrogen) atoms. The first-order valence-electron chi connectivity index (χ1n) is 13.3. The maximum Gasteiger partial charge on any atom is 0.252 e. The summed E-state index contributed by atoms with van der Waals surface area (Å²) >= 11 is 0. The van der Waals surface area contributed by atoms with Crippen LogP contribution in [0.2, 0.25) is 0 Å². The lowest BCUT2D eigenvalue weighted by molar-refractivity contribution is 0.112. The molecule has 2 aromatic heterocycles. The molecule has 1 aliphatic carbocycles. The van der Waals surface area contributed by atoms with Gasteiger partial charge in [-0.25, -0.2) is 9.07 Å². The van der Waals surface area contributed by atoms with Crippen LogP contribution in [0.4, 0.5) is 4.39 Å². The highest BCUT2D eigenvalue weighted by Gasteiger charge is 2.32. The van der Waals surface area contributed by atoms with Gasteiger partial charge in [-0.1, -0.05) is 31.9 Å². The van der Waals surface area contributed by atoms with Crippen molar-refractivity contribution in [3.63, 3.8) is 0 Å². The van der Waals surface area contributed by atoms with Gasteiger partial charge >= 0.3 is 0 Å². The minimum atomic E-state index is -0.273. The highest BCUT2D eigenvalue weighted by Crippen LogP contribution is 2.36. The molecule has 6 rings (SSSR count). The minimum absolute atomic E-state index is 0.0797. The van der Waals surface area contributed by atoms with Gasteiger partial charge in [0.2, 0.25) is 0 Å². The van der Waals surface area contributed by atoms with E-state index in [-0.39, 0.29) is 17.4 Å². The predicted octanol–water partition coefficient (Wildman–Crippen LogP) is 4.37. The average molecular weight is 519 g/mol. The van der Waals surface area contributed by atoms with Crippen LogP contribution < -0.4 is 15.0 Å². The second-order valence-corrected chi connectivity index (χ2v) is 10.1. The van der Waals surface area contributed by atoms with Gasteiger partial charge in [0, 0.05) is 29.6 Å². The minimum Gasteiger partial charge on any atom is -0.486 e. The number of fused-ring (bicyclic) bond motifs is 2. The Morgan fingerprint density at radius 2 is 1.84 bits per heavy atom. The van der Waals surface area contributed by atoms with Crippen LogP contribution in [0.5, 0.6) is 11.5 Å². The van der Waals surface area contributed by atoms with Crippen molar-refractivity contribution in [1.82, 2.24) is 30.1 Å². The first-order chi connectivity index (χ1) is 18.6. The summed E-state index contributed by atoms with van der Waals surface area (Å²) in [5.41, 5.74) is 2.23. The van der Waals surface area contributed by atoms with Gasteiger partial charge in [-0.2, -0.15) is 0 Å². The fraction of sp³-hybridized carbons (Fsp3) is 0.429. The number of nitrogens with one attached hydrogen (secondary N) is 1. The van der Waals surface area contributed by atoms with Crippen molar-refractivity contribution in [2.24, 2.45) is 0 Å². The number of pyridine rings is 1. The molecule has 2 aromatic carbocycles. The predicted molar refractivity (Wildman–Crippen MR) is 140 cm³/mol. The number of halogens is 1. The molecular formula is C28H31FN6O3. The van der Waals surface area contributed by atoms with Gasteiger partial charge in [0.15, 0.2) is 17.3 Å². The van der Waals surface area contributed by atoms with Crippen LogP contribution in [0.3, 0.4) is 0 Å².